The summed E-state index contributed by atoms with van der Waals surface area (Å²) in [5.74, 6) is 0. The van der Waals surface area contributed by atoms with E-state index in [1.807, 2.05) is 6.92 Å². The van der Waals surface area contributed by atoms with E-state index in [-0.39, 0.29) is 0 Å². The van der Waals surface area contributed by atoms with Crippen LogP contribution in [0.5, 0.6) is 0 Å². The van der Waals surface area contributed by atoms with Crippen molar-refractivity contribution in [3.05, 3.63) is 0 Å². The third-order valence-electron chi connectivity index (χ3n) is 1.28. The Bertz CT molecular complexity index is 145. The Morgan fingerprint density at radius 2 is 2.18 bits per heavy atom. The highest BCUT2D eigenvalue weighted by molar-refractivity contribution is 5.82. The summed E-state index contributed by atoms with van der Waals surface area (Å²) in [5.41, 5.74) is 5.50. The highest BCUT2D eigenvalue weighted by Gasteiger charge is 1.95. The summed E-state index contributed by atoms with van der Waals surface area (Å²) in [6.45, 7) is 2.50. The van der Waals surface area contributed by atoms with Gasteiger partial charge in [-0.1, -0.05) is 13.3 Å². The second-order valence-corrected chi connectivity index (χ2v) is 2.39. The summed E-state index contributed by atoms with van der Waals surface area (Å²) in [6, 6.07) is -0.519. The second-order valence-electron chi connectivity index (χ2n) is 2.39. The number of hydrogen-bond donors (Lipinski definition) is 3. The molecule has 2 amide bonds. The van der Waals surface area contributed by atoms with Crippen LogP contribution in [-0.2, 0) is 0 Å². The lowest BCUT2D eigenvalue weighted by Gasteiger charge is -2.01. The normalized spacial score (nSPS) is 9.18. The molecule has 0 heterocycles. The Hall–Kier alpha value is -1.06. The van der Waals surface area contributed by atoms with Gasteiger partial charge in [-0.05, 0) is 6.42 Å². The summed E-state index contributed by atoms with van der Waals surface area (Å²) in [5, 5.41) is 9.77. The van der Waals surface area contributed by atoms with E-state index >= 15 is 0 Å². The SMILES string of the molecule is CCCC(=N)CCNC(N)=O. The zero-order valence-corrected chi connectivity index (χ0v) is 6.81. The number of rotatable bonds is 5. The molecule has 0 unspecified atom stereocenters. The number of carbonyl (C=O) groups is 1. The smallest absolute Gasteiger partial charge is 0.312 e. The quantitative estimate of drug-likeness (QED) is 0.508. The number of nitrogens with two attached hydrogens (primary N) is 1. The van der Waals surface area contributed by atoms with Crippen molar-refractivity contribution in [1.29, 1.82) is 5.41 Å². The maximum absolute atomic E-state index is 10.2. The first-order chi connectivity index (χ1) is 5.16. The molecule has 0 aliphatic rings. The van der Waals surface area contributed by atoms with E-state index in [2.05, 4.69) is 5.32 Å². The first kappa shape index (κ1) is 9.94. The highest BCUT2D eigenvalue weighted by atomic mass is 16.2. The molecule has 0 atom stereocenters. The molecule has 0 saturated carbocycles. The van der Waals surface area contributed by atoms with Crippen molar-refractivity contribution in [3.63, 3.8) is 0 Å². The topological polar surface area (TPSA) is 79.0 Å². The summed E-state index contributed by atoms with van der Waals surface area (Å²) >= 11 is 0. The minimum absolute atomic E-state index is 0.480. The Balaban J connectivity index is 3.24. The van der Waals surface area contributed by atoms with E-state index < -0.39 is 6.03 Å². The Morgan fingerprint density at radius 3 is 2.64 bits per heavy atom. The maximum Gasteiger partial charge on any atom is 0.312 e. The molecule has 64 valence electrons. The molecule has 0 bridgehead atoms. The van der Waals surface area contributed by atoms with Crippen molar-refractivity contribution < 1.29 is 4.79 Å². The molecule has 11 heavy (non-hydrogen) atoms. The molecule has 0 rings (SSSR count). The van der Waals surface area contributed by atoms with Crippen LogP contribution in [0.1, 0.15) is 26.2 Å². The van der Waals surface area contributed by atoms with Gasteiger partial charge in [-0.3, -0.25) is 0 Å². The summed E-state index contributed by atoms with van der Waals surface area (Å²) < 4.78 is 0. The van der Waals surface area contributed by atoms with E-state index in [1.165, 1.54) is 0 Å². The lowest BCUT2D eigenvalue weighted by atomic mass is 10.2. The lowest BCUT2D eigenvalue weighted by molar-refractivity contribution is 0.249. The molecule has 0 aromatic carbocycles. The van der Waals surface area contributed by atoms with Gasteiger partial charge in [0.2, 0.25) is 0 Å². The first-order valence-electron chi connectivity index (χ1n) is 3.76. The van der Waals surface area contributed by atoms with Crippen molar-refractivity contribution in [2.45, 2.75) is 26.2 Å². The van der Waals surface area contributed by atoms with Crippen molar-refractivity contribution in [1.82, 2.24) is 5.32 Å². The molecule has 0 aliphatic carbocycles. The van der Waals surface area contributed by atoms with Crippen molar-refractivity contribution in [2.24, 2.45) is 5.73 Å². The molecule has 0 aromatic heterocycles. The van der Waals surface area contributed by atoms with Crippen molar-refractivity contribution >= 4 is 11.7 Å². The van der Waals surface area contributed by atoms with Gasteiger partial charge in [0.25, 0.3) is 0 Å². The average Bonchev–Trinajstić information content (AvgIpc) is 1.87. The van der Waals surface area contributed by atoms with Crippen LogP contribution in [0, 0.1) is 5.41 Å². The third-order valence-corrected chi connectivity index (χ3v) is 1.28. The fourth-order valence-corrected chi connectivity index (χ4v) is 0.763. The fourth-order valence-electron chi connectivity index (χ4n) is 0.763. The van der Waals surface area contributed by atoms with Crippen LogP contribution in [-0.4, -0.2) is 18.3 Å². The molecule has 0 saturated heterocycles. The minimum Gasteiger partial charge on any atom is -0.352 e. The molecule has 4 nitrogen and oxygen atoms in total. The van der Waals surface area contributed by atoms with Gasteiger partial charge in [0.05, 0.1) is 0 Å². The number of nitrogens with one attached hydrogen (secondary N) is 2. The van der Waals surface area contributed by atoms with Crippen LogP contribution in [0.3, 0.4) is 0 Å². The Kier molecular flexibility index (Phi) is 5.15. The number of hydrogen-bond acceptors (Lipinski definition) is 2. The van der Waals surface area contributed by atoms with Gasteiger partial charge in [0.15, 0.2) is 0 Å². The largest absolute Gasteiger partial charge is 0.352 e. The molecular formula is C7H15N3O. The van der Waals surface area contributed by atoms with Gasteiger partial charge < -0.3 is 16.5 Å². The minimum atomic E-state index is -0.519. The first-order valence-corrected chi connectivity index (χ1v) is 3.76. The van der Waals surface area contributed by atoms with Gasteiger partial charge in [0.1, 0.15) is 0 Å². The lowest BCUT2D eigenvalue weighted by Crippen LogP contribution is -2.30. The van der Waals surface area contributed by atoms with E-state index in [9.17, 15) is 4.79 Å². The van der Waals surface area contributed by atoms with Crippen LogP contribution >= 0.6 is 0 Å². The predicted octanol–water partition coefficient (Wildman–Crippen LogP) is 0.865. The maximum atomic E-state index is 10.2. The number of amides is 2. The molecule has 4 N–H and O–H groups in total. The standard InChI is InChI=1S/C7H15N3O/c1-2-3-6(8)4-5-10-7(9)11/h8H,2-5H2,1H3,(H3,9,10,11). The predicted molar refractivity (Wildman–Crippen MR) is 44.8 cm³/mol. The van der Waals surface area contributed by atoms with Gasteiger partial charge in [0, 0.05) is 18.7 Å². The second kappa shape index (κ2) is 5.70. The van der Waals surface area contributed by atoms with Gasteiger partial charge in [-0.25, -0.2) is 4.79 Å². The molecule has 4 heteroatoms. The Labute approximate surface area is 66.7 Å². The number of primary amides is 1. The number of urea groups is 1. The Morgan fingerprint density at radius 1 is 1.55 bits per heavy atom. The molecule has 0 spiro atoms. The van der Waals surface area contributed by atoms with Crippen molar-refractivity contribution in [2.75, 3.05) is 6.54 Å². The third kappa shape index (κ3) is 6.83. The van der Waals surface area contributed by atoms with Crippen LogP contribution in [0.2, 0.25) is 0 Å². The van der Waals surface area contributed by atoms with Crippen LogP contribution in [0.15, 0.2) is 0 Å². The van der Waals surface area contributed by atoms with E-state index in [0.29, 0.717) is 18.7 Å². The molecule has 0 radical (unpaired) electrons. The van der Waals surface area contributed by atoms with E-state index in [1.54, 1.807) is 0 Å². The summed E-state index contributed by atoms with van der Waals surface area (Å²) in [4.78, 5) is 10.2. The fraction of sp³-hybridized carbons (Fsp3) is 0.714. The zero-order chi connectivity index (χ0) is 8.69. The molecular weight excluding hydrogens is 142 g/mol. The highest BCUT2D eigenvalue weighted by Crippen LogP contribution is 1.92. The van der Waals surface area contributed by atoms with Gasteiger partial charge >= 0.3 is 6.03 Å². The zero-order valence-electron chi connectivity index (χ0n) is 6.81. The van der Waals surface area contributed by atoms with Crippen LogP contribution in [0.4, 0.5) is 4.79 Å². The van der Waals surface area contributed by atoms with E-state index in [4.69, 9.17) is 11.1 Å². The molecule has 0 aliphatic heterocycles. The molecule has 0 fully saturated rings. The van der Waals surface area contributed by atoms with Gasteiger partial charge in [-0.15, -0.1) is 0 Å². The van der Waals surface area contributed by atoms with Crippen LogP contribution in [0.25, 0.3) is 0 Å². The van der Waals surface area contributed by atoms with Gasteiger partial charge in [-0.2, -0.15) is 0 Å². The van der Waals surface area contributed by atoms with Crippen molar-refractivity contribution in [3.8, 4) is 0 Å². The average molecular weight is 157 g/mol. The molecule has 0 aromatic rings. The summed E-state index contributed by atoms with van der Waals surface area (Å²) in [6.07, 6.45) is 2.40. The monoisotopic (exact) mass is 157 g/mol. The number of carbonyl (C=O) groups excluding carboxylic acids is 1. The van der Waals surface area contributed by atoms with Crippen LogP contribution < -0.4 is 11.1 Å². The van der Waals surface area contributed by atoms with E-state index in [0.717, 1.165) is 12.8 Å². The summed E-state index contributed by atoms with van der Waals surface area (Å²) in [7, 11) is 0.